The molecule has 1 aromatic rings. The molecule has 94 valence electrons. The van der Waals surface area contributed by atoms with Crippen molar-refractivity contribution >= 4 is 16.0 Å². The van der Waals surface area contributed by atoms with Crippen molar-refractivity contribution in [1.82, 2.24) is 4.83 Å². The number of rotatable bonds is 3. The van der Waals surface area contributed by atoms with Crippen LogP contribution in [0, 0.1) is 6.92 Å². The van der Waals surface area contributed by atoms with E-state index in [1.54, 1.807) is 23.9 Å². The summed E-state index contributed by atoms with van der Waals surface area (Å²) >= 11 is 0. The molecule has 0 aromatic heterocycles. The first-order chi connectivity index (χ1) is 7.96. The van der Waals surface area contributed by atoms with Gasteiger partial charge in [-0.15, -0.1) is 4.83 Å². The van der Waals surface area contributed by atoms with Crippen LogP contribution in [0.1, 0.15) is 5.56 Å². The third-order valence-electron chi connectivity index (χ3n) is 2.20. The third-order valence-corrected chi connectivity index (χ3v) is 2.55. The van der Waals surface area contributed by atoms with Crippen molar-refractivity contribution in [1.29, 1.82) is 0 Å². The van der Waals surface area contributed by atoms with Crippen molar-refractivity contribution in [3.05, 3.63) is 17.7 Å². The molecule has 1 heterocycles. The summed E-state index contributed by atoms with van der Waals surface area (Å²) in [6, 6.07) is 3.28. The van der Waals surface area contributed by atoms with Crippen molar-refractivity contribution in [3.8, 4) is 11.5 Å². The van der Waals surface area contributed by atoms with E-state index in [1.165, 1.54) is 0 Å². The van der Waals surface area contributed by atoms with E-state index in [9.17, 15) is 13.0 Å². The van der Waals surface area contributed by atoms with E-state index in [-0.39, 0.29) is 29.6 Å². The van der Waals surface area contributed by atoms with Gasteiger partial charge in [0.05, 0.1) is 5.69 Å². The van der Waals surface area contributed by atoms with Gasteiger partial charge in [-0.05, 0) is 18.6 Å². The van der Waals surface area contributed by atoms with Gasteiger partial charge in [0.25, 0.3) is 0 Å². The number of ether oxygens (including phenoxy) is 2. The van der Waals surface area contributed by atoms with Crippen LogP contribution in [0.3, 0.4) is 0 Å². The van der Waals surface area contributed by atoms with Crippen LogP contribution >= 0.6 is 0 Å². The number of hydrogen-bond donors (Lipinski definition) is 2. The normalized spacial score (nSPS) is 13.7. The van der Waals surface area contributed by atoms with Crippen molar-refractivity contribution in [3.63, 3.8) is 0 Å². The minimum absolute atomic E-state index is 0. The Morgan fingerprint density at radius 3 is 2.33 bits per heavy atom. The fraction of sp³-hybridized carbons (Fsp3) is 0.333. The molecular weight excluding hydrogens is 271 g/mol. The van der Waals surface area contributed by atoms with Gasteiger partial charge < -0.3 is 19.5 Å². The van der Waals surface area contributed by atoms with Gasteiger partial charge in [0.1, 0.15) is 13.2 Å². The van der Waals surface area contributed by atoms with E-state index in [4.69, 9.17) is 9.47 Å². The van der Waals surface area contributed by atoms with Gasteiger partial charge in [-0.2, -0.15) is 0 Å². The van der Waals surface area contributed by atoms with Crippen LogP contribution in [-0.2, 0) is 10.3 Å². The molecule has 0 spiro atoms. The molecule has 0 bridgehead atoms. The number of benzene rings is 1. The van der Waals surface area contributed by atoms with E-state index in [1.807, 2.05) is 0 Å². The Balaban J connectivity index is 0.00000162. The molecule has 9 heteroatoms. The molecule has 0 unspecified atom stereocenters. The van der Waals surface area contributed by atoms with E-state index in [0.717, 1.165) is 5.56 Å². The van der Waals surface area contributed by atoms with Crippen LogP contribution in [-0.4, -0.2) is 26.2 Å². The molecule has 2 rings (SSSR count). The summed E-state index contributed by atoms with van der Waals surface area (Å²) in [7, 11) is -4.54. The Hall–Kier alpha value is -0.510. The number of nitrogens with one attached hydrogen (secondary N) is 2. The number of anilines is 1. The average Bonchev–Trinajstić information content (AvgIpc) is 2.25. The van der Waals surface area contributed by atoms with E-state index < -0.39 is 10.3 Å². The topological polar surface area (TPSA) is 99.7 Å². The molecule has 0 radical (unpaired) electrons. The van der Waals surface area contributed by atoms with Gasteiger partial charge >= 0.3 is 29.6 Å². The maximum Gasteiger partial charge on any atom is 1.00 e. The van der Waals surface area contributed by atoms with Crippen molar-refractivity contribution in [2.45, 2.75) is 6.92 Å². The van der Waals surface area contributed by atoms with Gasteiger partial charge in [0, 0.05) is 6.07 Å². The molecule has 0 fully saturated rings. The number of aryl methyl sites for hydroxylation is 1. The molecule has 0 aliphatic carbocycles. The van der Waals surface area contributed by atoms with Crippen LogP contribution in [0.4, 0.5) is 5.69 Å². The summed E-state index contributed by atoms with van der Waals surface area (Å²) in [6.45, 7) is 2.66. The van der Waals surface area contributed by atoms with Crippen LogP contribution in [0.5, 0.6) is 11.5 Å². The van der Waals surface area contributed by atoms with Crippen LogP contribution < -0.4 is 49.3 Å². The Labute approximate surface area is 127 Å². The second kappa shape index (κ2) is 6.09. The molecule has 18 heavy (non-hydrogen) atoms. The van der Waals surface area contributed by atoms with E-state index in [0.29, 0.717) is 30.4 Å². The SMILES string of the molecule is Cc1cc2c(cc1NNS(=O)(=O)[O-])OCCO2.[Na+]. The van der Waals surface area contributed by atoms with Crippen molar-refractivity contribution in [2.75, 3.05) is 18.6 Å². The van der Waals surface area contributed by atoms with Gasteiger partial charge in [-0.1, -0.05) is 0 Å². The number of fused-ring (bicyclic) bond motifs is 1. The molecule has 1 aromatic carbocycles. The molecular formula is C9H11N2NaO5S. The van der Waals surface area contributed by atoms with Gasteiger partial charge in [-0.25, -0.2) is 8.42 Å². The smallest absolute Gasteiger partial charge is 0.734 e. The van der Waals surface area contributed by atoms with Crippen LogP contribution in [0.2, 0.25) is 0 Å². The minimum atomic E-state index is -4.54. The van der Waals surface area contributed by atoms with Crippen LogP contribution in [0.25, 0.3) is 0 Å². The predicted molar refractivity (Wildman–Crippen MR) is 58.6 cm³/mol. The monoisotopic (exact) mass is 282 g/mol. The summed E-state index contributed by atoms with van der Waals surface area (Å²) < 4.78 is 41.9. The fourth-order valence-electron chi connectivity index (χ4n) is 1.44. The molecule has 1 aliphatic rings. The molecule has 2 N–H and O–H groups in total. The van der Waals surface area contributed by atoms with Gasteiger partial charge in [-0.3, -0.25) is 0 Å². The number of hydrogen-bond acceptors (Lipinski definition) is 6. The Bertz CT molecular complexity index is 534. The summed E-state index contributed by atoms with van der Waals surface area (Å²) in [4.78, 5) is 1.66. The first kappa shape index (κ1) is 15.5. The standard InChI is InChI=1S/C9H12N2O5S.Na/c1-6-4-8-9(16-3-2-15-8)5-7(6)10-11-17(12,13)14;/h4-5,10-11H,2-3H2,1H3,(H,12,13,14);/q;+1/p-1. The minimum Gasteiger partial charge on any atom is -0.734 e. The Morgan fingerprint density at radius 2 is 1.78 bits per heavy atom. The maximum absolute atomic E-state index is 10.4. The third kappa shape index (κ3) is 4.01. The molecule has 0 atom stereocenters. The second-order valence-corrected chi connectivity index (χ2v) is 4.60. The Kier molecular flexibility index (Phi) is 5.26. The summed E-state index contributed by atoms with van der Waals surface area (Å²) in [5.74, 6) is 1.11. The Morgan fingerprint density at radius 1 is 1.22 bits per heavy atom. The van der Waals surface area contributed by atoms with Crippen molar-refractivity contribution < 1.29 is 52.0 Å². The first-order valence-electron chi connectivity index (χ1n) is 4.84. The largest absolute Gasteiger partial charge is 1.00 e. The van der Waals surface area contributed by atoms with E-state index >= 15 is 0 Å². The second-order valence-electron chi connectivity index (χ2n) is 3.49. The molecule has 0 amide bonds. The number of hydrazine groups is 1. The van der Waals surface area contributed by atoms with Crippen LogP contribution in [0.15, 0.2) is 12.1 Å². The van der Waals surface area contributed by atoms with E-state index in [2.05, 4.69) is 5.43 Å². The molecule has 1 aliphatic heterocycles. The summed E-state index contributed by atoms with van der Waals surface area (Å²) in [5.41, 5.74) is 3.48. The average molecular weight is 282 g/mol. The molecule has 0 saturated heterocycles. The maximum atomic E-state index is 10.4. The zero-order chi connectivity index (χ0) is 12.5. The zero-order valence-corrected chi connectivity index (χ0v) is 12.8. The van der Waals surface area contributed by atoms with Crippen molar-refractivity contribution in [2.24, 2.45) is 0 Å². The summed E-state index contributed by atoms with van der Waals surface area (Å²) in [5, 5.41) is 0. The van der Waals surface area contributed by atoms with Gasteiger partial charge in [0.15, 0.2) is 21.8 Å². The molecule has 0 saturated carbocycles. The summed E-state index contributed by atoms with van der Waals surface area (Å²) in [6.07, 6.45) is 0. The first-order valence-corrected chi connectivity index (χ1v) is 6.25. The molecule has 7 nitrogen and oxygen atoms in total. The van der Waals surface area contributed by atoms with Gasteiger partial charge in [0.2, 0.25) is 0 Å². The quantitative estimate of drug-likeness (QED) is 0.352. The fourth-order valence-corrected chi connectivity index (χ4v) is 1.68. The zero-order valence-electron chi connectivity index (χ0n) is 10.0. The predicted octanol–water partition coefficient (Wildman–Crippen LogP) is -2.85.